The van der Waals surface area contributed by atoms with E-state index in [0.717, 1.165) is 18.7 Å². The van der Waals surface area contributed by atoms with E-state index < -0.39 is 11.5 Å². The molecular weight excluding hydrogens is 292 g/mol. The lowest BCUT2D eigenvalue weighted by molar-refractivity contribution is -0.131. The molecule has 5 nitrogen and oxygen atoms in total. The molecule has 1 saturated carbocycles. The van der Waals surface area contributed by atoms with Gasteiger partial charge in [-0.25, -0.2) is 4.98 Å². The van der Waals surface area contributed by atoms with E-state index in [4.69, 9.17) is 16.0 Å². The first kappa shape index (κ1) is 16.3. The second-order valence-electron chi connectivity index (χ2n) is 6.49. The van der Waals surface area contributed by atoms with Crippen LogP contribution in [0.1, 0.15) is 51.2 Å². The van der Waals surface area contributed by atoms with Gasteiger partial charge >= 0.3 is 0 Å². The standard InChI is InChI=1S/C15H23ClN2O3/c1-10(19)15(2,3)9-18(13(20)6-16)8-12-7-17-14(21-12)11-4-5-11/h7,10-11,19H,4-6,8-9H2,1-3H3. The fourth-order valence-corrected chi connectivity index (χ4v) is 2.21. The zero-order valence-corrected chi connectivity index (χ0v) is 13.6. The Hall–Kier alpha value is -1.07. The summed E-state index contributed by atoms with van der Waals surface area (Å²) < 4.78 is 5.70. The summed E-state index contributed by atoms with van der Waals surface area (Å²) in [5.41, 5.74) is -0.416. The zero-order chi connectivity index (χ0) is 15.6. The number of halogens is 1. The van der Waals surface area contributed by atoms with Crippen molar-refractivity contribution in [2.24, 2.45) is 5.41 Å². The number of hydrogen-bond acceptors (Lipinski definition) is 4. The molecule has 0 aromatic carbocycles. The third-order valence-corrected chi connectivity index (χ3v) is 4.27. The molecule has 1 fully saturated rings. The molecule has 1 aromatic heterocycles. The van der Waals surface area contributed by atoms with E-state index in [1.54, 1.807) is 18.0 Å². The van der Waals surface area contributed by atoms with Crippen molar-refractivity contribution in [2.75, 3.05) is 12.4 Å². The highest BCUT2D eigenvalue weighted by Crippen LogP contribution is 2.39. The van der Waals surface area contributed by atoms with Crippen LogP contribution in [-0.4, -0.2) is 39.4 Å². The highest BCUT2D eigenvalue weighted by Gasteiger charge is 2.31. The lowest BCUT2D eigenvalue weighted by atomic mass is 9.87. The van der Waals surface area contributed by atoms with E-state index >= 15 is 0 Å². The fourth-order valence-electron chi connectivity index (χ4n) is 2.04. The number of aliphatic hydroxyl groups excluding tert-OH is 1. The molecule has 1 atom stereocenters. The van der Waals surface area contributed by atoms with E-state index in [1.807, 2.05) is 13.8 Å². The van der Waals surface area contributed by atoms with Crippen molar-refractivity contribution in [3.05, 3.63) is 17.8 Å². The van der Waals surface area contributed by atoms with Gasteiger partial charge in [0.05, 0.1) is 18.8 Å². The van der Waals surface area contributed by atoms with Crippen molar-refractivity contribution in [1.29, 1.82) is 0 Å². The second kappa shape index (κ2) is 6.36. The molecule has 2 rings (SSSR count). The van der Waals surface area contributed by atoms with Crippen molar-refractivity contribution in [3.8, 4) is 0 Å². The van der Waals surface area contributed by atoms with E-state index in [-0.39, 0.29) is 11.8 Å². The van der Waals surface area contributed by atoms with Crippen molar-refractivity contribution >= 4 is 17.5 Å². The molecular formula is C15H23ClN2O3. The van der Waals surface area contributed by atoms with Gasteiger partial charge in [-0.2, -0.15) is 0 Å². The first-order chi connectivity index (χ1) is 9.83. The van der Waals surface area contributed by atoms with E-state index in [0.29, 0.717) is 24.8 Å². The van der Waals surface area contributed by atoms with Crippen LogP contribution in [0, 0.1) is 5.41 Å². The van der Waals surface area contributed by atoms with E-state index in [1.165, 1.54) is 0 Å². The molecule has 1 aliphatic carbocycles. The van der Waals surface area contributed by atoms with Gasteiger partial charge in [0.25, 0.3) is 0 Å². The summed E-state index contributed by atoms with van der Waals surface area (Å²) in [5, 5.41) is 9.83. The molecule has 1 amide bonds. The molecule has 0 radical (unpaired) electrons. The average molecular weight is 315 g/mol. The fraction of sp³-hybridized carbons (Fsp3) is 0.733. The van der Waals surface area contributed by atoms with Gasteiger partial charge in [-0.1, -0.05) is 13.8 Å². The van der Waals surface area contributed by atoms with Gasteiger partial charge in [0.1, 0.15) is 11.6 Å². The van der Waals surface area contributed by atoms with Gasteiger partial charge in [-0.05, 0) is 19.8 Å². The molecule has 0 spiro atoms. The van der Waals surface area contributed by atoms with Crippen LogP contribution in [0.4, 0.5) is 0 Å². The van der Waals surface area contributed by atoms with Crippen LogP contribution in [0.3, 0.4) is 0 Å². The molecule has 1 N–H and O–H groups in total. The van der Waals surface area contributed by atoms with Crippen LogP contribution in [0.15, 0.2) is 10.6 Å². The minimum atomic E-state index is -0.528. The van der Waals surface area contributed by atoms with Crippen LogP contribution >= 0.6 is 11.6 Å². The summed E-state index contributed by atoms with van der Waals surface area (Å²) in [6, 6.07) is 0. The Balaban J connectivity index is 2.06. The summed E-state index contributed by atoms with van der Waals surface area (Å²) in [5.74, 6) is 1.62. The zero-order valence-electron chi connectivity index (χ0n) is 12.8. The number of aliphatic hydroxyl groups is 1. The predicted octanol–water partition coefficient (Wildman–Crippen LogP) is 2.53. The summed E-state index contributed by atoms with van der Waals surface area (Å²) in [6.07, 6.45) is 3.40. The van der Waals surface area contributed by atoms with Crippen molar-refractivity contribution in [3.63, 3.8) is 0 Å². The quantitative estimate of drug-likeness (QED) is 0.785. The Labute approximate surface area is 130 Å². The maximum absolute atomic E-state index is 12.0. The van der Waals surface area contributed by atoms with Gasteiger partial charge < -0.3 is 14.4 Å². The maximum Gasteiger partial charge on any atom is 0.237 e. The number of aromatic nitrogens is 1. The van der Waals surface area contributed by atoms with Gasteiger partial charge in [-0.3, -0.25) is 4.79 Å². The lowest BCUT2D eigenvalue weighted by Gasteiger charge is -2.34. The molecule has 0 saturated heterocycles. The molecule has 21 heavy (non-hydrogen) atoms. The monoisotopic (exact) mass is 314 g/mol. The number of rotatable bonds is 7. The normalized spacial score (nSPS) is 16.8. The van der Waals surface area contributed by atoms with Crippen molar-refractivity contribution < 1.29 is 14.3 Å². The first-order valence-electron chi connectivity index (χ1n) is 7.30. The summed E-state index contributed by atoms with van der Waals surface area (Å²) >= 11 is 5.69. The van der Waals surface area contributed by atoms with Crippen LogP contribution < -0.4 is 0 Å². The molecule has 1 aliphatic rings. The number of carbonyl (C=O) groups excluding carboxylic acids is 1. The number of nitrogens with zero attached hydrogens (tertiary/aromatic N) is 2. The number of alkyl halides is 1. The van der Waals surface area contributed by atoms with Crippen LogP contribution in [0.2, 0.25) is 0 Å². The van der Waals surface area contributed by atoms with E-state index in [9.17, 15) is 9.90 Å². The molecule has 0 bridgehead atoms. The Bertz CT molecular complexity index is 495. The van der Waals surface area contributed by atoms with E-state index in [2.05, 4.69) is 4.98 Å². The maximum atomic E-state index is 12.0. The summed E-state index contributed by atoms with van der Waals surface area (Å²) in [7, 11) is 0. The number of amides is 1. The number of hydrogen-bond donors (Lipinski definition) is 1. The second-order valence-corrected chi connectivity index (χ2v) is 6.75. The minimum absolute atomic E-state index is 0.0838. The molecule has 118 valence electrons. The summed E-state index contributed by atoms with van der Waals surface area (Å²) in [4.78, 5) is 17.9. The molecule has 1 aromatic rings. The summed E-state index contributed by atoms with van der Waals surface area (Å²) in [6.45, 7) is 6.31. The van der Waals surface area contributed by atoms with Gasteiger partial charge in [0, 0.05) is 17.9 Å². The Morgan fingerprint density at radius 1 is 1.62 bits per heavy atom. The topological polar surface area (TPSA) is 66.6 Å². The SMILES string of the molecule is CC(O)C(C)(C)CN(Cc1cnc(C2CC2)o1)C(=O)CCl. The Morgan fingerprint density at radius 2 is 2.29 bits per heavy atom. The van der Waals surface area contributed by atoms with Crippen LogP contribution in [0.5, 0.6) is 0 Å². The Kier molecular flexibility index (Phi) is 4.94. The number of oxazole rings is 1. The largest absolute Gasteiger partial charge is 0.444 e. The predicted molar refractivity (Wildman–Crippen MR) is 80.1 cm³/mol. The lowest BCUT2D eigenvalue weighted by Crippen LogP contribution is -2.43. The van der Waals surface area contributed by atoms with Crippen LogP contribution in [0.25, 0.3) is 0 Å². The first-order valence-corrected chi connectivity index (χ1v) is 7.83. The molecule has 1 heterocycles. The average Bonchev–Trinajstić information content (AvgIpc) is 3.17. The molecule has 0 aliphatic heterocycles. The molecule has 6 heteroatoms. The third-order valence-electron chi connectivity index (χ3n) is 4.04. The highest BCUT2D eigenvalue weighted by atomic mass is 35.5. The van der Waals surface area contributed by atoms with Gasteiger partial charge in [0.15, 0.2) is 5.89 Å². The highest BCUT2D eigenvalue weighted by molar-refractivity contribution is 6.27. The third kappa shape index (κ3) is 4.20. The number of carbonyl (C=O) groups is 1. The van der Waals surface area contributed by atoms with Crippen molar-refractivity contribution in [2.45, 2.75) is 52.2 Å². The van der Waals surface area contributed by atoms with Crippen LogP contribution in [-0.2, 0) is 11.3 Å². The minimum Gasteiger partial charge on any atom is -0.444 e. The smallest absolute Gasteiger partial charge is 0.237 e. The van der Waals surface area contributed by atoms with Crippen molar-refractivity contribution in [1.82, 2.24) is 9.88 Å². The Morgan fingerprint density at radius 3 is 2.81 bits per heavy atom. The van der Waals surface area contributed by atoms with Gasteiger partial charge in [-0.15, -0.1) is 11.6 Å². The van der Waals surface area contributed by atoms with Gasteiger partial charge in [0.2, 0.25) is 5.91 Å². The molecule has 1 unspecified atom stereocenters.